The van der Waals surface area contributed by atoms with E-state index in [0.29, 0.717) is 11.7 Å². The molecule has 1 N–H and O–H groups in total. The van der Waals surface area contributed by atoms with Gasteiger partial charge in [0, 0.05) is 10.0 Å². The van der Waals surface area contributed by atoms with Gasteiger partial charge < -0.3 is 9.84 Å². The van der Waals surface area contributed by atoms with E-state index in [1.807, 2.05) is 0 Å². The largest absolute Gasteiger partial charge is 0.337 e. The number of rotatable bonds is 2. The van der Waals surface area contributed by atoms with E-state index < -0.39 is 0 Å². The second kappa shape index (κ2) is 5.06. The van der Waals surface area contributed by atoms with Crippen molar-refractivity contribution in [2.24, 2.45) is 0 Å². The third kappa shape index (κ3) is 2.44. The summed E-state index contributed by atoms with van der Waals surface area (Å²) in [4.78, 5) is 4.52. The summed E-state index contributed by atoms with van der Waals surface area (Å²) in [7, 11) is 0. The molecule has 1 aromatic carbocycles. The Labute approximate surface area is 120 Å². The van der Waals surface area contributed by atoms with Crippen LogP contribution in [0.3, 0.4) is 0 Å². The Morgan fingerprint density at radius 2 is 2.05 bits per heavy atom. The first-order valence-corrected chi connectivity index (χ1v) is 7.28. The quantitative estimate of drug-likeness (QED) is 0.919. The molecular weight excluding hydrogens is 306 g/mol. The van der Waals surface area contributed by atoms with Crippen molar-refractivity contribution in [3.63, 3.8) is 0 Å². The molecule has 1 unspecified atom stereocenters. The number of hydrogen-bond acceptors (Lipinski definition) is 4. The first kappa shape index (κ1) is 12.8. The van der Waals surface area contributed by atoms with Crippen molar-refractivity contribution in [2.75, 3.05) is 6.54 Å². The number of aryl methyl sites for hydroxylation is 2. The van der Waals surface area contributed by atoms with Crippen molar-refractivity contribution in [2.45, 2.75) is 32.7 Å². The SMILES string of the molecule is Cc1cc(-c2noc(C3CCCN3)n2)cc(C)c1Br. The van der Waals surface area contributed by atoms with Gasteiger partial charge in [-0.15, -0.1) is 0 Å². The molecule has 100 valence electrons. The molecule has 2 aromatic rings. The van der Waals surface area contributed by atoms with Crippen LogP contribution in [-0.4, -0.2) is 16.7 Å². The molecule has 5 heteroatoms. The Balaban J connectivity index is 1.94. The lowest BCUT2D eigenvalue weighted by molar-refractivity contribution is 0.345. The van der Waals surface area contributed by atoms with Crippen LogP contribution >= 0.6 is 15.9 Å². The molecule has 0 radical (unpaired) electrons. The summed E-state index contributed by atoms with van der Waals surface area (Å²) >= 11 is 3.57. The van der Waals surface area contributed by atoms with E-state index in [9.17, 15) is 0 Å². The van der Waals surface area contributed by atoms with Gasteiger partial charge in [-0.05, 0) is 56.5 Å². The van der Waals surface area contributed by atoms with Gasteiger partial charge in [-0.1, -0.05) is 21.1 Å². The van der Waals surface area contributed by atoms with Gasteiger partial charge in [0.2, 0.25) is 11.7 Å². The van der Waals surface area contributed by atoms with Crippen molar-refractivity contribution in [1.82, 2.24) is 15.5 Å². The van der Waals surface area contributed by atoms with Crippen LogP contribution in [0.2, 0.25) is 0 Å². The normalized spacial score (nSPS) is 19.0. The Hall–Kier alpha value is -1.20. The van der Waals surface area contributed by atoms with Crippen LogP contribution in [0.25, 0.3) is 11.4 Å². The molecular formula is C14H16BrN3O. The minimum absolute atomic E-state index is 0.221. The van der Waals surface area contributed by atoms with Crippen LogP contribution in [0.15, 0.2) is 21.1 Å². The Kier molecular flexibility index (Phi) is 3.41. The highest BCUT2D eigenvalue weighted by Gasteiger charge is 2.22. The number of nitrogens with zero attached hydrogens (tertiary/aromatic N) is 2. The fourth-order valence-electron chi connectivity index (χ4n) is 2.46. The maximum Gasteiger partial charge on any atom is 0.244 e. The van der Waals surface area contributed by atoms with E-state index in [4.69, 9.17) is 4.52 Å². The second-order valence-electron chi connectivity index (χ2n) is 5.03. The molecule has 1 atom stereocenters. The van der Waals surface area contributed by atoms with Crippen LogP contribution in [-0.2, 0) is 0 Å². The second-order valence-corrected chi connectivity index (χ2v) is 5.82. The van der Waals surface area contributed by atoms with Crippen LogP contribution < -0.4 is 5.32 Å². The van der Waals surface area contributed by atoms with Gasteiger partial charge in [0.1, 0.15) is 0 Å². The molecule has 4 nitrogen and oxygen atoms in total. The average molecular weight is 322 g/mol. The molecule has 0 spiro atoms. The van der Waals surface area contributed by atoms with E-state index >= 15 is 0 Å². The summed E-state index contributed by atoms with van der Waals surface area (Å²) in [6.45, 7) is 5.17. The van der Waals surface area contributed by atoms with Crippen LogP contribution in [0, 0.1) is 13.8 Å². The number of hydrogen-bond donors (Lipinski definition) is 1. The van der Waals surface area contributed by atoms with Crippen LogP contribution in [0.1, 0.15) is 35.9 Å². The molecule has 0 saturated carbocycles. The summed E-state index contributed by atoms with van der Waals surface area (Å²) in [5, 5.41) is 7.47. The van der Waals surface area contributed by atoms with Crippen molar-refractivity contribution in [3.05, 3.63) is 33.6 Å². The van der Waals surface area contributed by atoms with E-state index in [0.717, 1.165) is 23.0 Å². The van der Waals surface area contributed by atoms with Gasteiger partial charge in [-0.3, -0.25) is 0 Å². The molecule has 0 amide bonds. The topological polar surface area (TPSA) is 51.0 Å². The first-order chi connectivity index (χ1) is 9.15. The zero-order valence-corrected chi connectivity index (χ0v) is 12.6. The van der Waals surface area contributed by atoms with Crippen molar-refractivity contribution in [3.8, 4) is 11.4 Å². The molecule has 2 heterocycles. The molecule has 1 aliphatic rings. The number of aromatic nitrogens is 2. The molecule has 19 heavy (non-hydrogen) atoms. The maximum absolute atomic E-state index is 5.38. The minimum Gasteiger partial charge on any atom is -0.337 e. The summed E-state index contributed by atoms with van der Waals surface area (Å²) in [5.41, 5.74) is 3.37. The lowest BCUT2D eigenvalue weighted by atomic mass is 10.1. The standard InChI is InChI=1S/C14H16BrN3O/c1-8-6-10(7-9(2)12(8)15)13-17-14(19-18-13)11-4-3-5-16-11/h6-7,11,16H,3-5H2,1-2H3. The zero-order chi connectivity index (χ0) is 13.4. The molecule has 1 saturated heterocycles. The van der Waals surface area contributed by atoms with Crippen molar-refractivity contribution in [1.29, 1.82) is 0 Å². The van der Waals surface area contributed by atoms with Crippen molar-refractivity contribution >= 4 is 15.9 Å². The fraction of sp³-hybridized carbons (Fsp3) is 0.429. The first-order valence-electron chi connectivity index (χ1n) is 6.49. The summed E-state index contributed by atoms with van der Waals surface area (Å²) < 4.78 is 6.51. The van der Waals surface area contributed by atoms with E-state index in [1.165, 1.54) is 17.5 Å². The van der Waals surface area contributed by atoms with Gasteiger partial charge >= 0.3 is 0 Å². The van der Waals surface area contributed by atoms with Gasteiger partial charge in [0.25, 0.3) is 0 Å². The highest BCUT2D eigenvalue weighted by Crippen LogP contribution is 2.28. The molecule has 3 rings (SSSR count). The summed E-state index contributed by atoms with van der Waals surface area (Å²) in [6, 6.07) is 4.38. The predicted octanol–water partition coefficient (Wildman–Crippen LogP) is 3.54. The molecule has 1 aromatic heterocycles. The Morgan fingerprint density at radius 1 is 1.32 bits per heavy atom. The average Bonchev–Trinajstić information content (AvgIpc) is 3.05. The van der Waals surface area contributed by atoms with E-state index in [1.54, 1.807) is 0 Å². The maximum atomic E-state index is 5.38. The zero-order valence-electron chi connectivity index (χ0n) is 11.0. The summed E-state index contributed by atoms with van der Waals surface area (Å²) in [5.74, 6) is 1.37. The van der Waals surface area contributed by atoms with Gasteiger partial charge in [-0.2, -0.15) is 4.98 Å². The van der Waals surface area contributed by atoms with E-state index in [2.05, 4.69) is 57.4 Å². The fourth-order valence-corrected chi connectivity index (χ4v) is 2.69. The predicted molar refractivity (Wildman–Crippen MR) is 76.9 cm³/mol. The van der Waals surface area contributed by atoms with Gasteiger partial charge in [0.15, 0.2) is 0 Å². The summed E-state index contributed by atoms with van der Waals surface area (Å²) in [6.07, 6.45) is 2.24. The van der Waals surface area contributed by atoms with E-state index in [-0.39, 0.29) is 6.04 Å². The smallest absolute Gasteiger partial charge is 0.244 e. The van der Waals surface area contributed by atoms with Crippen molar-refractivity contribution < 1.29 is 4.52 Å². The molecule has 1 aliphatic heterocycles. The molecule has 0 bridgehead atoms. The number of nitrogens with one attached hydrogen (secondary N) is 1. The molecule has 0 aliphatic carbocycles. The van der Waals surface area contributed by atoms with Crippen LogP contribution in [0.4, 0.5) is 0 Å². The number of benzene rings is 1. The minimum atomic E-state index is 0.221. The highest BCUT2D eigenvalue weighted by atomic mass is 79.9. The Morgan fingerprint density at radius 3 is 2.68 bits per heavy atom. The third-order valence-electron chi connectivity index (χ3n) is 3.49. The van der Waals surface area contributed by atoms with Gasteiger partial charge in [0.05, 0.1) is 6.04 Å². The third-order valence-corrected chi connectivity index (χ3v) is 4.75. The lowest BCUT2D eigenvalue weighted by Gasteiger charge is -2.05. The Bertz CT molecular complexity index is 579. The van der Waals surface area contributed by atoms with Gasteiger partial charge in [-0.25, -0.2) is 0 Å². The lowest BCUT2D eigenvalue weighted by Crippen LogP contribution is -2.12. The molecule has 1 fully saturated rings. The monoisotopic (exact) mass is 321 g/mol. The van der Waals surface area contributed by atoms with Crippen LogP contribution in [0.5, 0.6) is 0 Å². The highest BCUT2D eigenvalue weighted by molar-refractivity contribution is 9.10. The number of halogens is 1.